The summed E-state index contributed by atoms with van der Waals surface area (Å²) < 4.78 is 0.612. The predicted molar refractivity (Wildman–Crippen MR) is 82.7 cm³/mol. The lowest BCUT2D eigenvalue weighted by atomic mass is 9.83. The topological polar surface area (TPSA) is 89.8 Å². The lowest BCUT2D eigenvalue weighted by Gasteiger charge is -2.25. The minimum atomic E-state index is -1.19. The van der Waals surface area contributed by atoms with E-state index in [4.69, 9.17) is 4.84 Å². The summed E-state index contributed by atoms with van der Waals surface area (Å²) >= 11 is 3.32. The van der Waals surface area contributed by atoms with Crippen LogP contribution in [0, 0.1) is 16.0 Å². The number of ketones is 1. The summed E-state index contributed by atoms with van der Waals surface area (Å²) in [7, 11) is 2.65. The second-order valence-electron chi connectivity index (χ2n) is 4.75. The number of amides is 1. The quantitative estimate of drug-likeness (QED) is 0.415. The third-order valence-electron chi connectivity index (χ3n) is 3.34. The number of hydrogen-bond donors (Lipinski definition) is 0. The molecule has 0 radical (unpaired) electrons. The summed E-state index contributed by atoms with van der Waals surface area (Å²) in [6, 6.07) is 6.83. The first-order chi connectivity index (χ1) is 10.3. The van der Waals surface area contributed by atoms with Crippen LogP contribution in [-0.2, 0) is 14.4 Å². The number of hydrogen-bond acceptors (Lipinski definition) is 5. The number of benzene rings is 1. The summed E-state index contributed by atoms with van der Waals surface area (Å²) in [5, 5.41) is 11.9. The molecule has 7 nitrogen and oxygen atoms in total. The number of nitro groups is 1. The van der Waals surface area contributed by atoms with Gasteiger partial charge in [0.15, 0.2) is 0 Å². The molecule has 0 saturated heterocycles. The summed E-state index contributed by atoms with van der Waals surface area (Å²) in [6.07, 6.45) is 0. The van der Waals surface area contributed by atoms with Gasteiger partial charge in [-0.1, -0.05) is 34.1 Å². The van der Waals surface area contributed by atoms with Crippen LogP contribution in [-0.4, -0.2) is 42.4 Å². The van der Waals surface area contributed by atoms with Crippen molar-refractivity contribution < 1.29 is 19.3 Å². The standard InChI is InChI=1S/C14H17BrN2O5/c1-9(18)13(14(19)16(2)22-3)11(8-17(20)21)10-6-4-5-7-12(10)15/h4-7,11,13H,8H2,1-3H3/t11-,13-/m1/s1. The molecular formula is C14H17BrN2O5. The van der Waals surface area contributed by atoms with Crippen LogP contribution in [0.2, 0.25) is 0 Å². The SMILES string of the molecule is CON(C)C(=O)[C@H](C(C)=O)[C@H](C[N+](=O)[O-])c1ccccc1Br. The second kappa shape index (κ2) is 8.00. The highest BCUT2D eigenvalue weighted by atomic mass is 79.9. The molecule has 1 aromatic rings. The largest absolute Gasteiger partial charge is 0.299 e. The van der Waals surface area contributed by atoms with Gasteiger partial charge in [-0.05, 0) is 18.6 Å². The molecule has 0 spiro atoms. The maximum Gasteiger partial charge on any atom is 0.257 e. The average Bonchev–Trinajstić information content (AvgIpc) is 2.45. The van der Waals surface area contributed by atoms with Gasteiger partial charge in [0, 0.05) is 16.4 Å². The molecule has 0 aliphatic heterocycles. The molecule has 22 heavy (non-hydrogen) atoms. The fourth-order valence-corrected chi connectivity index (χ4v) is 2.81. The molecule has 0 aromatic heterocycles. The van der Waals surface area contributed by atoms with Crippen molar-refractivity contribution in [2.24, 2.45) is 5.92 Å². The Morgan fingerprint density at radius 3 is 2.45 bits per heavy atom. The van der Waals surface area contributed by atoms with Crippen molar-refractivity contribution in [1.82, 2.24) is 5.06 Å². The summed E-state index contributed by atoms with van der Waals surface area (Å²) in [6.45, 7) is 0.714. The van der Waals surface area contributed by atoms with Gasteiger partial charge in [0.05, 0.1) is 13.0 Å². The number of nitrogens with zero attached hydrogens (tertiary/aromatic N) is 2. The van der Waals surface area contributed by atoms with E-state index >= 15 is 0 Å². The lowest BCUT2D eigenvalue weighted by Crippen LogP contribution is -2.41. The highest BCUT2D eigenvalue weighted by Gasteiger charge is 2.39. The Kier molecular flexibility index (Phi) is 6.63. The number of hydroxylamine groups is 2. The van der Waals surface area contributed by atoms with Gasteiger partial charge in [-0.2, -0.15) is 0 Å². The van der Waals surface area contributed by atoms with Crippen molar-refractivity contribution in [3.05, 3.63) is 44.4 Å². The lowest BCUT2D eigenvalue weighted by molar-refractivity contribution is -0.484. The number of carbonyl (C=O) groups is 2. The number of halogens is 1. The number of carbonyl (C=O) groups excluding carboxylic acids is 2. The monoisotopic (exact) mass is 372 g/mol. The van der Waals surface area contributed by atoms with Gasteiger partial charge in [0.1, 0.15) is 11.7 Å². The van der Waals surface area contributed by atoms with Gasteiger partial charge in [-0.3, -0.25) is 24.5 Å². The first-order valence-electron chi connectivity index (χ1n) is 6.48. The second-order valence-corrected chi connectivity index (χ2v) is 5.60. The molecule has 0 unspecified atom stereocenters. The molecule has 1 rings (SSSR count). The molecule has 0 fully saturated rings. The summed E-state index contributed by atoms with van der Waals surface area (Å²) in [5.74, 6) is -3.13. The van der Waals surface area contributed by atoms with E-state index in [9.17, 15) is 19.7 Å². The average molecular weight is 373 g/mol. The predicted octanol–water partition coefficient (Wildman–Crippen LogP) is 2.03. The molecule has 1 amide bonds. The van der Waals surface area contributed by atoms with E-state index in [1.54, 1.807) is 24.3 Å². The van der Waals surface area contributed by atoms with Gasteiger partial charge in [0.25, 0.3) is 5.91 Å². The molecule has 0 saturated carbocycles. The zero-order valence-corrected chi connectivity index (χ0v) is 14.1. The van der Waals surface area contributed by atoms with Crippen molar-refractivity contribution in [1.29, 1.82) is 0 Å². The zero-order chi connectivity index (χ0) is 16.9. The maximum absolute atomic E-state index is 12.4. The van der Waals surface area contributed by atoms with Gasteiger partial charge >= 0.3 is 0 Å². The van der Waals surface area contributed by atoms with Crippen molar-refractivity contribution in [3.8, 4) is 0 Å². The third kappa shape index (κ3) is 4.35. The van der Waals surface area contributed by atoms with E-state index < -0.39 is 35.0 Å². The fourth-order valence-electron chi connectivity index (χ4n) is 2.23. The highest BCUT2D eigenvalue weighted by Crippen LogP contribution is 2.32. The van der Waals surface area contributed by atoms with Crippen LogP contribution >= 0.6 is 15.9 Å². The van der Waals surface area contributed by atoms with Crippen LogP contribution in [0.3, 0.4) is 0 Å². The van der Waals surface area contributed by atoms with E-state index in [-0.39, 0.29) is 0 Å². The minimum absolute atomic E-state index is 0.448. The Balaban J connectivity index is 3.33. The van der Waals surface area contributed by atoms with Crippen LogP contribution in [0.15, 0.2) is 28.7 Å². The third-order valence-corrected chi connectivity index (χ3v) is 4.06. The van der Waals surface area contributed by atoms with E-state index in [1.165, 1.54) is 21.1 Å². The number of rotatable bonds is 7. The van der Waals surface area contributed by atoms with E-state index in [2.05, 4.69) is 15.9 Å². The van der Waals surface area contributed by atoms with Crippen LogP contribution in [0.4, 0.5) is 0 Å². The van der Waals surface area contributed by atoms with Crippen molar-refractivity contribution >= 4 is 27.6 Å². The molecular weight excluding hydrogens is 356 g/mol. The maximum atomic E-state index is 12.4. The molecule has 120 valence electrons. The van der Waals surface area contributed by atoms with Crippen molar-refractivity contribution in [2.75, 3.05) is 20.7 Å². The molecule has 0 aliphatic carbocycles. The van der Waals surface area contributed by atoms with Gasteiger partial charge < -0.3 is 0 Å². The van der Waals surface area contributed by atoms with E-state index in [1.807, 2.05) is 0 Å². The Labute approximate surface area is 136 Å². The molecule has 8 heteroatoms. The minimum Gasteiger partial charge on any atom is -0.299 e. The number of Topliss-reactive ketones (excluding diaryl/α,β-unsaturated/α-hetero) is 1. The molecule has 0 heterocycles. The van der Waals surface area contributed by atoms with Crippen molar-refractivity contribution in [2.45, 2.75) is 12.8 Å². The Morgan fingerprint density at radius 1 is 1.41 bits per heavy atom. The summed E-state index contributed by atoms with van der Waals surface area (Å²) in [4.78, 5) is 39.6. The summed E-state index contributed by atoms with van der Waals surface area (Å²) in [5.41, 5.74) is 0.539. The van der Waals surface area contributed by atoms with Gasteiger partial charge in [-0.25, -0.2) is 5.06 Å². The molecule has 0 aliphatic rings. The molecule has 1 aromatic carbocycles. The highest BCUT2D eigenvalue weighted by molar-refractivity contribution is 9.10. The normalized spacial score (nSPS) is 13.3. The molecule has 2 atom stereocenters. The van der Waals surface area contributed by atoms with Gasteiger partial charge in [0.2, 0.25) is 6.54 Å². The molecule has 0 bridgehead atoms. The van der Waals surface area contributed by atoms with Gasteiger partial charge in [-0.15, -0.1) is 0 Å². The first-order valence-corrected chi connectivity index (χ1v) is 7.27. The van der Waals surface area contributed by atoms with Crippen LogP contribution in [0.5, 0.6) is 0 Å². The van der Waals surface area contributed by atoms with Crippen molar-refractivity contribution in [3.63, 3.8) is 0 Å². The Morgan fingerprint density at radius 2 is 2.00 bits per heavy atom. The van der Waals surface area contributed by atoms with Crippen LogP contribution in [0.1, 0.15) is 18.4 Å². The first kappa shape index (κ1) is 18.2. The van der Waals surface area contributed by atoms with Crippen LogP contribution < -0.4 is 0 Å². The zero-order valence-electron chi connectivity index (χ0n) is 12.5. The van der Waals surface area contributed by atoms with Crippen LogP contribution in [0.25, 0.3) is 0 Å². The Hall–Kier alpha value is -1.80. The smallest absolute Gasteiger partial charge is 0.257 e. The molecule has 0 N–H and O–H groups in total. The Bertz CT molecular complexity index is 578. The van der Waals surface area contributed by atoms with E-state index in [0.29, 0.717) is 10.0 Å². The van der Waals surface area contributed by atoms with E-state index in [0.717, 1.165) is 5.06 Å². The fraction of sp³-hybridized carbons (Fsp3) is 0.429.